The number of fused-ring (bicyclic) bond motifs is 15. The summed E-state index contributed by atoms with van der Waals surface area (Å²) in [4.78, 5) is 14.4. The van der Waals surface area contributed by atoms with E-state index < -0.39 is 0 Å². The van der Waals surface area contributed by atoms with Gasteiger partial charge in [0.05, 0.1) is 22.1 Å². The third kappa shape index (κ3) is 2.15. The summed E-state index contributed by atoms with van der Waals surface area (Å²) in [7, 11) is 0. The first kappa shape index (κ1) is 17.8. The SMILES string of the molecule is c1ccc2c(c1)Cc1cc3c(cc1-2)-c1ccc2c(nc4c5cccnc5c5cnccc5n24)c1C3. The Hall–Kier alpha value is -4.57. The summed E-state index contributed by atoms with van der Waals surface area (Å²) in [6, 6.07) is 24.4. The standard InChI is InChI=1S/C31H18N4/c1-2-5-20-17(4-1)12-18-13-19-14-25-21(24(19)15-23(18)20)7-8-28-30(25)34-31-22-6-3-10-33-29(22)26-16-32-11-9-27(26)35(28)31/h1-11,13,15-16H,12,14H2. The Kier molecular flexibility index (Phi) is 3.11. The molecule has 0 N–H and O–H groups in total. The molecule has 0 fully saturated rings. The van der Waals surface area contributed by atoms with Crippen molar-refractivity contribution in [1.29, 1.82) is 0 Å². The lowest BCUT2D eigenvalue weighted by atomic mass is 9.98. The highest BCUT2D eigenvalue weighted by atomic mass is 15.0. The number of hydrogen-bond donors (Lipinski definition) is 0. The Morgan fingerprint density at radius 1 is 0.629 bits per heavy atom. The summed E-state index contributed by atoms with van der Waals surface area (Å²) in [6.07, 6.45) is 7.56. The Balaban J connectivity index is 1.36. The van der Waals surface area contributed by atoms with E-state index in [1.165, 1.54) is 44.5 Å². The van der Waals surface area contributed by atoms with Crippen molar-refractivity contribution in [3.8, 4) is 22.3 Å². The van der Waals surface area contributed by atoms with Crippen molar-refractivity contribution in [3.63, 3.8) is 0 Å². The van der Waals surface area contributed by atoms with Crippen LogP contribution in [0.25, 0.3) is 60.7 Å². The summed E-state index contributed by atoms with van der Waals surface area (Å²) in [5, 5.41) is 2.11. The predicted molar refractivity (Wildman–Crippen MR) is 140 cm³/mol. The molecule has 4 nitrogen and oxygen atoms in total. The molecule has 0 unspecified atom stereocenters. The number of rotatable bonds is 0. The lowest BCUT2D eigenvalue weighted by Gasteiger charge is -2.08. The normalized spacial score (nSPS) is 13.5. The number of aromatic nitrogens is 4. The van der Waals surface area contributed by atoms with E-state index in [0.29, 0.717) is 0 Å². The molecule has 0 amide bonds. The van der Waals surface area contributed by atoms with Gasteiger partial charge in [0.1, 0.15) is 5.65 Å². The molecule has 0 bridgehead atoms. The van der Waals surface area contributed by atoms with Gasteiger partial charge in [-0.2, -0.15) is 0 Å². The topological polar surface area (TPSA) is 43.1 Å². The third-order valence-electron chi connectivity index (χ3n) is 7.95. The van der Waals surface area contributed by atoms with Crippen LogP contribution in [0.15, 0.2) is 85.3 Å². The second-order valence-corrected chi connectivity index (χ2v) is 9.70. The maximum Gasteiger partial charge on any atom is 0.147 e. The maximum atomic E-state index is 5.27. The molecule has 4 heterocycles. The van der Waals surface area contributed by atoms with E-state index in [0.717, 1.165) is 51.3 Å². The van der Waals surface area contributed by atoms with E-state index >= 15 is 0 Å². The number of hydrogen-bond acceptors (Lipinski definition) is 3. The molecular weight excluding hydrogens is 428 g/mol. The smallest absolute Gasteiger partial charge is 0.147 e. The van der Waals surface area contributed by atoms with Crippen molar-refractivity contribution in [2.24, 2.45) is 0 Å². The van der Waals surface area contributed by atoms with Gasteiger partial charge in [-0.3, -0.25) is 14.4 Å². The van der Waals surface area contributed by atoms with Crippen LogP contribution in [0.3, 0.4) is 0 Å². The largest absolute Gasteiger partial charge is 0.291 e. The van der Waals surface area contributed by atoms with Crippen molar-refractivity contribution in [1.82, 2.24) is 19.4 Å². The first-order valence-electron chi connectivity index (χ1n) is 12.0. The Morgan fingerprint density at radius 3 is 2.54 bits per heavy atom. The fourth-order valence-electron chi connectivity index (χ4n) is 6.44. The minimum Gasteiger partial charge on any atom is -0.291 e. The number of pyridine rings is 3. The van der Waals surface area contributed by atoms with Gasteiger partial charge < -0.3 is 0 Å². The van der Waals surface area contributed by atoms with Crippen LogP contribution in [-0.4, -0.2) is 19.4 Å². The highest BCUT2D eigenvalue weighted by molar-refractivity contribution is 6.12. The summed E-state index contributed by atoms with van der Waals surface area (Å²) < 4.78 is 2.29. The number of imidazole rings is 1. The van der Waals surface area contributed by atoms with Crippen LogP contribution in [-0.2, 0) is 12.8 Å². The fourth-order valence-corrected chi connectivity index (χ4v) is 6.44. The molecule has 0 atom stereocenters. The van der Waals surface area contributed by atoms with Gasteiger partial charge in [0.15, 0.2) is 0 Å². The highest BCUT2D eigenvalue weighted by Crippen LogP contribution is 2.46. The first-order chi connectivity index (χ1) is 17.3. The molecule has 35 heavy (non-hydrogen) atoms. The van der Waals surface area contributed by atoms with Crippen LogP contribution in [0.5, 0.6) is 0 Å². The second-order valence-electron chi connectivity index (χ2n) is 9.70. The minimum atomic E-state index is 0.922. The van der Waals surface area contributed by atoms with Gasteiger partial charge in [-0.1, -0.05) is 36.4 Å². The van der Waals surface area contributed by atoms with E-state index in [1.54, 1.807) is 0 Å². The minimum absolute atomic E-state index is 0.922. The number of nitrogens with zero attached hydrogens (tertiary/aromatic N) is 4. The van der Waals surface area contributed by atoms with Crippen LogP contribution in [0.2, 0.25) is 0 Å². The van der Waals surface area contributed by atoms with Gasteiger partial charge in [-0.25, -0.2) is 4.98 Å². The van der Waals surface area contributed by atoms with Crippen LogP contribution in [0, 0.1) is 0 Å². The van der Waals surface area contributed by atoms with Gasteiger partial charge in [0.2, 0.25) is 0 Å². The molecule has 2 aliphatic carbocycles. The summed E-state index contributed by atoms with van der Waals surface area (Å²) in [5.41, 5.74) is 16.3. The summed E-state index contributed by atoms with van der Waals surface area (Å²) in [6.45, 7) is 0. The first-order valence-corrected chi connectivity index (χ1v) is 12.0. The Bertz CT molecular complexity index is 2070. The Labute approximate surface area is 200 Å². The lowest BCUT2D eigenvalue weighted by Crippen LogP contribution is -1.93. The second kappa shape index (κ2) is 6.10. The summed E-state index contributed by atoms with van der Waals surface area (Å²) >= 11 is 0. The average molecular weight is 447 g/mol. The van der Waals surface area contributed by atoms with Gasteiger partial charge in [0, 0.05) is 35.8 Å². The van der Waals surface area contributed by atoms with E-state index in [4.69, 9.17) is 9.97 Å². The lowest BCUT2D eigenvalue weighted by molar-refractivity contribution is 1.22. The van der Waals surface area contributed by atoms with Gasteiger partial charge in [-0.15, -0.1) is 0 Å². The quantitative estimate of drug-likeness (QED) is 0.243. The molecule has 162 valence electrons. The highest BCUT2D eigenvalue weighted by Gasteiger charge is 2.28. The third-order valence-corrected chi connectivity index (χ3v) is 7.95. The van der Waals surface area contributed by atoms with Gasteiger partial charge in [-0.05, 0) is 81.3 Å². The molecule has 0 radical (unpaired) electrons. The van der Waals surface area contributed by atoms with Crippen molar-refractivity contribution >= 4 is 38.5 Å². The monoisotopic (exact) mass is 446 g/mol. The Morgan fingerprint density at radius 2 is 1.54 bits per heavy atom. The molecule has 0 spiro atoms. The van der Waals surface area contributed by atoms with Crippen LogP contribution < -0.4 is 0 Å². The molecule has 2 aliphatic rings. The van der Waals surface area contributed by atoms with Crippen LogP contribution in [0.4, 0.5) is 0 Å². The molecule has 4 aromatic heterocycles. The van der Waals surface area contributed by atoms with E-state index in [9.17, 15) is 0 Å². The van der Waals surface area contributed by atoms with Crippen LogP contribution >= 0.6 is 0 Å². The molecule has 4 heteroatoms. The van der Waals surface area contributed by atoms with Crippen molar-refractivity contribution in [2.45, 2.75) is 12.8 Å². The van der Waals surface area contributed by atoms with E-state index in [-0.39, 0.29) is 0 Å². The average Bonchev–Trinajstić information content (AvgIpc) is 3.58. The zero-order chi connectivity index (χ0) is 22.7. The van der Waals surface area contributed by atoms with Gasteiger partial charge in [0.25, 0.3) is 0 Å². The van der Waals surface area contributed by atoms with Crippen molar-refractivity contribution in [2.75, 3.05) is 0 Å². The van der Waals surface area contributed by atoms with Crippen LogP contribution in [0.1, 0.15) is 22.3 Å². The summed E-state index contributed by atoms with van der Waals surface area (Å²) in [5.74, 6) is 0. The predicted octanol–water partition coefficient (Wildman–Crippen LogP) is 6.73. The molecule has 0 aliphatic heterocycles. The van der Waals surface area contributed by atoms with Crippen molar-refractivity contribution < 1.29 is 0 Å². The molecule has 3 aromatic carbocycles. The van der Waals surface area contributed by atoms with E-state index in [2.05, 4.69) is 70.0 Å². The zero-order valence-electron chi connectivity index (χ0n) is 18.8. The van der Waals surface area contributed by atoms with E-state index in [1.807, 2.05) is 24.7 Å². The van der Waals surface area contributed by atoms with Gasteiger partial charge >= 0.3 is 0 Å². The number of benzene rings is 3. The maximum absolute atomic E-state index is 5.27. The molecule has 0 saturated carbocycles. The zero-order valence-corrected chi connectivity index (χ0v) is 18.8. The molecular formula is C31H18N4. The molecule has 0 saturated heterocycles. The molecule has 7 aromatic rings. The fraction of sp³-hybridized carbons (Fsp3) is 0.0645. The molecule has 9 rings (SSSR count). The van der Waals surface area contributed by atoms with Crippen molar-refractivity contribution in [3.05, 3.63) is 108 Å².